The maximum atomic E-state index is 11.6. The van der Waals surface area contributed by atoms with Gasteiger partial charge in [-0.3, -0.25) is 9.59 Å². The normalized spacial score (nSPS) is 11.7. The van der Waals surface area contributed by atoms with Crippen LogP contribution in [0.4, 0.5) is 0 Å². The number of hydrogen-bond acceptors (Lipinski definition) is 3. The maximum absolute atomic E-state index is 11.6. The Kier molecular flexibility index (Phi) is 5.80. The minimum atomic E-state index is -0.601. The van der Waals surface area contributed by atoms with Crippen LogP contribution in [-0.2, 0) is 4.79 Å². The summed E-state index contributed by atoms with van der Waals surface area (Å²) in [6.07, 6.45) is -0.601. The number of aliphatic hydroxyl groups excluding tert-OH is 1. The van der Waals surface area contributed by atoms with Crippen molar-refractivity contribution in [2.75, 3.05) is 13.1 Å². The molecule has 0 aliphatic rings. The van der Waals surface area contributed by atoms with Crippen molar-refractivity contribution < 1.29 is 14.7 Å². The molecule has 0 unspecified atom stereocenters. The fourth-order valence-corrected chi connectivity index (χ4v) is 1.45. The van der Waals surface area contributed by atoms with Gasteiger partial charge in [-0.05, 0) is 31.2 Å². The van der Waals surface area contributed by atoms with E-state index in [4.69, 9.17) is 5.11 Å². The molecule has 0 fully saturated rings. The quantitative estimate of drug-likeness (QED) is 0.747. The van der Waals surface area contributed by atoms with Crippen LogP contribution in [0, 0.1) is 0 Å². The zero-order valence-corrected chi connectivity index (χ0v) is 11.5. The average Bonchev–Trinajstić information content (AvgIpc) is 2.34. The Morgan fingerprint density at radius 1 is 1.28 bits per heavy atom. The highest BCUT2D eigenvalue weighted by Crippen LogP contribution is 2.10. The summed E-state index contributed by atoms with van der Waals surface area (Å²) in [6.45, 7) is 1.63. The summed E-state index contributed by atoms with van der Waals surface area (Å²) in [7, 11) is 0. The molecule has 1 aromatic carbocycles. The number of amides is 2. The van der Waals surface area contributed by atoms with E-state index in [1.165, 1.54) is 0 Å². The minimum Gasteiger partial charge on any atom is -0.392 e. The Hall–Kier alpha value is -1.40. The van der Waals surface area contributed by atoms with Gasteiger partial charge in [0.2, 0.25) is 5.91 Å². The number of benzene rings is 1. The third-order valence-electron chi connectivity index (χ3n) is 2.11. The van der Waals surface area contributed by atoms with Crippen molar-refractivity contribution in [3.63, 3.8) is 0 Å². The van der Waals surface area contributed by atoms with Gasteiger partial charge >= 0.3 is 0 Å². The lowest BCUT2D eigenvalue weighted by molar-refractivity contribution is -0.120. The molecule has 0 bridgehead atoms. The topological polar surface area (TPSA) is 78.4 Å². The highest BCUT2D eigenvalue weighted by molar-refractivity contribution is 9.10. The molecular weight excluding hydrogens is 300 g/mol. The van der Waals surface area contributed by atoms with Gasteiger partial charge in [-0.2, -0.15) is 0 Å². The lowest BCUT2D eigenvalue weighted by Gasteiger charge is -2.08. The van der Waals surface area contributed by atoms with E-state index in [9.17, 15) is 9.59 Å². The average molecular weight is 315 g/mol. The van der Waals surface area contributed by atoms with Crippen molar-refractivity contribution in [3.05, 3.63) is 34.3 Å². The monoisotopic (exact) mass is 314 g/mol. The minimum absolute atomic E-state index is 0.110. The molecule has 0 saturated heterocycles. The predicted octanol–water partition coefficient (Wildman–Crippen LogP) is 0.676. The second-order valence-corrected chi connectivity index (χ2v) is 4.76. The molecule has 1 aromatic rings. The Balaban J connectivity index is 2.37. The van der Waals surface area contributed by atoms with E-state index < -0.39 is 6.10 Å². The molecule has 2 amide bonds. The van der Waals surface area contributed by atoms with Crippen LogP contribution in [0.1, 0.15) is 17.3 Å². The number of halogens is 1. The van der Waals surface area contributed by atoms with Crippen LogP contribution < -0.4 is 10.6 Å². The van der Waals surface area contributed by atoms with Crippen molar-refractivity contribution in [3.8, 4) is 0 Å². The molecule has 6 heteroatoms. The number of carbonyl (C=O) groups excluding carboxylic acids is 2. The third kappa shape index (κ3) is 5.29. The van der Waals surface area contributed by atoms with E-state index in [-0.39, 0.29) is 24.9 Å². The van der Waals surface area contributed by atoms with Gasteiger partial charge in [0.15, 0.2) is 0 Å². The highest BCUT2D eigenvalue weighted by atomic mass is 79.9. The van der Waals surface area contributed by atoms with Gasteiger partial charge in [-0.25, -0.2) is 0 Å². The summed E-state index contributed by atoms with van der Waals surface area (Å²) in [4.78, 5) is 22.9. The zero-order chi connectivity index (χ0) is 13.5. The summed E-state index contributed by atoms with van der Waals surface area (Å²) < 4.78 is 0.883. The summed E-state index contributed by atoms with van der Waals surface area (Å²) in [5.41, 5.74) is 0.488. The number of hydrogen-bond donors (Lipinski definition) is 3. The van der Waals surface area contributed by atoms with Crippen LogP contribution in [0.25, 0.3) is 0 Å². The Bertz CT molecular complexity index is 418. The smallest absolute Gasteiger partial charge is 0.251 e. The molecule has 98 valence electrons. The molecule has 3 N–H and O–H groups in total. The first-order valence-electron chi connectivity index (χ1n) is 5.47. The first kappa shape index (κ1) is 14.7. The summed E-state index contributed by atoms with van der Waals surface area (Å²) in [5.74, 6) is -0.643. The third-order valence-corrected chi connectivity index (χ3v) is 2.64. The second kappa shape index (κ2) is 7.13. The highest BCUT2D eigenvalue weighted by Gasteiger charge is 2.08. The van der Waals surface area contributed by atoms with Gasteiger partial charge in [0.25, 0.3) is 5.91 Å². The molecule has 5 nitrogen and oxygen atoms in total. The molecular formula is C12H15BrN2O3. The summed E-state index contributed by atoms with van der Waals surface area (Å²) >= 11 is 3.27. The summed E-state index contributed by atoms with van der Waals surface area (Å²) in [6, 6.07) is 6.82. The van der Waals surface area contributed by atoms with Crippen LogP contribution >= 0.6 is 15.9 Å². The van der Waals surface area contributed by atoms with E-state index >= 15 is 0 Å². The molecule has 0 radical (unpaired) electrons. The number of rotatable bonds is 5. The van der Waals surface area contributed by atoms with E-state index in [1.807, 2.05) is 0 Å². The second-order valence-electron chi connectivity index (χ2n) is 3.84. The number of nitrogens with one attached hydrogen (secondary N) is 2. The van der Waals surface area contributed by atoms with Crippen LogP contribution in [0.15, 0.2) is 28.7 Å². The standard InChI is InChI=1S/C12H15BrN2O3/c1-8(16)6-14-11(17)7-15-12(18)9-2-4-10(13)5-3-9/h2-5,8,16H,6-7H2,1H3,(H,14,17)(H,15,18)/t8-/m0/s1. The lowest BCUT2D eigenvalue weighted by Crippen LogP contribution is -2.39. The maximum Gasteiger partial charge on any atom is 0.251 e. The molecule has 0 aliphatic carbocycles. The lowest BCUT2D eigenvalue weighted by atomic mass is 10.2. The van der Waals surface area contributed by atoms with Crippen molar-refractivity contribution in [2.24, 2.45) is 0 Å². The first-order valence-corrected chi connectivity index (χ1v) is 6.27. The van der Waals surface area contributed by atoms with Crippen molar-refractivity contribution in [1.29, 1.82) is 0 Å². The molecule has 18 heavy (non-hydrogen) atoms. The first-order chi connectivity index (χ1) is 8.49. The zero-order valence-electron chi connectivity index (χ0n) is 9.94. The fourth-order valence-electron chi connectivity index (χ4n) is 1.19. The van der Waals surface area contributed by atoms with Crippen molar-refractivity contribution in [1.82, 2.24) is 10.6 Å². The largest absolute Gasteiger partial charge is 0.392 e. The van der Waals surface area contributed by atoms with E-state index in [2.05, 4.69) is 26.6 Å². The van der Waals surface area contributed by atoms with E-state index in [0.29, 0.717) is 5.56 Å². The van der Waals surface area contributed by atoms with Crippen LogP contribution in [0.3, 0.4) is 0 Å². The fraction of sp³-hybridized carbons (Fsp3) is 0.333. The van der Waals surface area contributed by atoms with Crippen LogP contribution in [0.2, 0.25) is 0 Å². The van der Waals surface area contributed by atoms with Gasteiger partial charge in [0.1, 0.15) is 0 Å². The Labute approximate surface area is 114 Å². The molecule has 0 heterocycles. The van der Waals surface area contributed by atoms with Crippen molar-refractivity contribution >= 4 is 27.7 Å². The van der Waals surface area contributed by atoms with Gasteiger partial charge in [-0.1, -0.05) is 15.9 Å². The van der Waals surface area contributed by atoms with Gasteiger partial charge < -0.3 is 15.7 Å². The van der Waals surface area contributed by atoms with Crippen molar-refractivity contribution in [2.45, 2.75) is 13.0 Å². The van der Waals surface area contributed by atoms with Gasteiger partial charge in [-0.15, -0.1) is 0 Å². The van der Waals surface area contributed by atoms with Gasteiger partial charge in [0.05, 0.1) is 12.6 Å². The Morgan fingerprint density at radius 2 is 1.89 bits per heavy atom. The SMILES string of the molecule is C[C@H](O)CNC(=O)CNC(=O)c1ccc(Br)cc1. The van der Waals surface area contributed by atoms with E-state index in [1.54, 1.807) is 31.2 Å². The summed E-state index contributed by atoms with van der Waals surface area (Å²) in [5, 5.41) is 14.0. The molecule has 0 saturated carbocycles. The molecule has 0 aromatic heterocycles. The molecule has 1 rings (SSSR count). The molecule has 0 spiro atoms. The van der Waals surface area contributed by atoms with E-state index in [0.717, 1.165) is 4.47 Å². The Morgan fingerprint density at radius 3 is 2.44 bits per heavy atom. The molecule has 0 aliphatic heterocycles. The molecule has 1 atom stereocenters. The van der Waals surface area contributed by atoms with Gasteiger partial charge in [0, 0.05) is 16.6 Å². The number of aliphatic hydroxyl groups is 1. The predicted molar refractivity (Wildman–Crippen MR) is 71.2 cm³/mol. The van der Waals surface area contributed by atoms with Crippen LogP contribution in [-0.4, -0.2) is 36.1 Å². The number of carbonyl (C=O) groups is 2. The van der Waals surface area contributed by atoms with Crippen LogP contribution in [0.5, 0.6) is 0 Å².